The molecule has 88 valence electrons. The van der Waals surface area contributed by atoms with Gasteiger partial charge in [-0.25, -0.2) is 23.1 Å². The van der Waals surface area contributed by atoms with Crippen LogP contribution in [0.5, 0.6) is 0 Å². The quantitative estimate of drug-likeness (QED) is 0.864. The predicted octanol–water partition coefficient (Wildman–Crippen LogP) is 3.40. The molecule has 0 saturated heterocycles. The largest absolute Gasteiger partial charge is 0.337 e. The molecule has 1 aromatic carbocycles. The molecule has 0 saturated carbocycles. The van der Waals surface area contributed by atoms with Gasteiger partial charge in [0.05, 0.1) is 10.2 Å². The highest BCUT2D eigenvalue weighted by Gasteiger charge is 2.12. The topological polar surface area (TPSA) is 37.8 Å². The molecule has 2 aromatic rings. The highest BCUT2D eigenvalue weighted by molar-refractivity contribution is 9.10. The van der Waals surface area contributed by atoms with Crippen molar-refractivity contribution in [2.75, 3.05) is 5.32 Å². The molecule has 0 spiro atoms. The van der Waals surface area contributed by atoms with Crippen molar-refractivity contribution < 1.29 is 13.2 Å². The van der Waals surface area contributed by atoms with Crippen molar-refractivity contribution >= 4 is 27.4 Å². The molecule has 0 aliphatic heterocycles. The third-order valence-electron chi connectivity index (χ3n) is 1.91. The summed E-state index contributed by atoms with van der Waals surface area (Å²) < 4.78 is 39.6. The maximum absolute atomic E-state index is 13.3. The standard InChI is InChI=1S/C10H5BrF3N3/c11-6-3-15-4-16-10(6)17-8-2-5(12)1-7(13)9(8)14/h1-4H,(H,15,16,17). The molecule has 0 unspecified atom stereocenters. The van der Waals surface area contributed by atoms with E-state index in [0.717, 1.165) is 6.07 Å². The summed E-state index contributed by atoms with van der Waals surface area (Å²) in [6.45, 7) is 0. The van der Waals surface area contributed by atoms with Gasteiger partial charge in [0.2, 0.25) is 0 Å². The van der Waals surface area contributed by atoms with E-state index in [1.807, 2.05) is 0 Å². The number of hydrogen-bond donors (Lipinski definition) is 1. The van der Waals surface area contributed by atoms with E-state index in [1.165, 1.54) is 12.5 Å². The van der Waals surface area contributed by atoms with Crippen LogP contribution in [0.2, 0.25) is 0 Å². The second-order valence-electron chi connectivity index (χ2n) is 3.09. The lowest BCUT2D eigenvalue weighted by molar-refractivity contribution is 0.498. The SMILES string of the molecule is Fc1cc(F)c(F)c(Nc2ncncc2Br)c1. The van der Waals surface area contributed by atoms with E-state index in [4.69, 9.17) is 0 Å². The molecule has 0 fully saturated rings. The minimum absolute atomic E-state index is 0.212. The summed E-state index contributed by atoms with van der Waals surface area (Å²) in [6, 6.07) is 1.31. The van der Waals surface area contributed by atoms with Crippen LogP contribution in [-0.4, -0.2) is 9.97 Å². The lowest BCUT2D eigenvalue weighted by atomic mass is 10.3. The molecule has 0 radical (unpaired) electrons. The third-order valence-corrected chi connectivity index (χ3v) is 2.49. The summed E-state index contributed by atoms with van der Waals surface area (Å²) in [6.07, 6.45) is 2.64. The number of nitrogens with one attached hydrogen (secondary N) is 1. The van der Waals surface area contributed by atoms with Crippen LogP contribution < -0.4 is 5.32 Å². The molecule has 0 aliphatic carbocycles. The van der Waals surface area contributed by atoms with Crippen LogP contribution in [0, 0.1) is 17.5 Å². The lowest BCUT2D eigenvalue weighted by Gasteiger charge is -2.08. The minimum Gasteiger partial charge on any atom is -0.337 e. The first-order valence-corrected chi connectivity index (χ1v) is 5.24. The predicted molar refractivity (Wildman–Crippen MR) is 59.3 cm³/mol. The number of hydrogen-bond acceptors (Lipinski definition) is 3. The highest BCUT2D eigenvalue weighted by atomic mass is 79.9. The van der Waals surface area contributed by atoms with Gasteiger partial charge in [-0.15, -0.1) is 0 Å². The number of anilines is 2. The monoisotopic (exact) mass is 303 g/mol. The molecule has 1 aromatic heterocycles. The summed E-state index contributed by atoms with van der Waals surface area (Å²) in [7, 11) is 0. The van der Waals surface area contributed by atoms with Crippen molar-refractivity contribution in [1.82, 2.24) is 9.97 Å². The minimum atomic E-state index is -1.27. The van der Waals surface area contributed by atoms with Gasteiger partial charge in [-0.3, -0.25) is 0 Å². The molecule has 0 bridgehead atoms. The molecule has 17 heavy (non-hydrogen) atoms. The van der Waals surface area contributed by atoms with Gasteiger partial charge in [-0.2, -0.15) is 0 Å². The molecule has 7 heteroatoms. The van der Waals surface area contributed by atoms with E-state index in [9.17, 15) is 13.2 Å². The number of rotatable bonds is 2. The van der Waals surface area contributed by atoms with Crippen molar-refractivity contribution in [2.24, 2.45) is 0 Å². The average Bonchev–Trinajstić information content (AvgIpc) is 2.28. The van der Waals surface area contributed by atoms with E-state index in [1.54, 1.807) is 0 Å². The first kappa shape index (κ1) is 11.8. The molecular weight excluding hydrogens is 299 g/mol. The number of nitrogens with zero attached hydrogens (tertiary/aromatic N) is 2. The maximum Gasteiger partial charge on any atom is 0.182 e. The third kappa shape index (κ3) is 2.55. The van der Waals surface area contributed by atoms with Crippen LogP contribution in [0.4, 0.5) is 24.7 Å². The maximum atomic E-state index is 13.3. The van der Waals surface area contributed by atoms with E-state index in [2.05, 4.69) is 31.2 Å². The fraction of sp³-hybridized carbons (Fsp3) is 0. The van der Waals surface area contributed by atoms with Crippen LogP contribution in [0.1, 0.15) is 0 Å². The summed E-state index contributed by atoms with van der Waals surface area (Å²) in [5.41, 5.74) is -0.332. The summed E-state index contributed by atoms with van der Waals surface area (Å²) >= 11 is 3.12. The van der Waals surface area contributed by atoms with E-state index in [-0.39, 0.29) is 11.5 Å². The zero-order valence-electron chi connectivity index (χ0n) is 8.22. The lowest BCUT2D eigenvalue weighted by Crippen LogP contribution is -2.00. The van der Waals surface area contributed by atoms with Gasteiger partial charge in [0.1, 0.15) is 18.0 Å². The molecule has 0 aliphatic rings. The van der Waals surface area contributed by atoms with E-state index in [0.29, 0.717) is 10.5 Å². The number of aromatic nitrogens is 2. The summed E-state index contributed by atoms with van der Waals surface area (Å²) in [4.78, 5) is 7.50. The Hall–Kier alpha value is -1.63. The van der Waals surface area contributed by atoms with E-state index >= 15 is 0 Å². The van der Waals surface area contributed by atoms with Crippen LogP contribution in [-0.2, 0) is 0 Å². The van der Waals surface area contributed by atoms with Crippen LogP contribution in [0.3, 0.4) is 0 Å². The Labute approximate surface area is 103 Å². The van der Waals surface area contributed by atoms with Crippen molar-refractivity contribution in [2.45, 2.75) is 0 Å². The Morgan fingerprint density at radius 3 is 2.65 bits per heavy atom. The van der Waals surface area contributed by atoms with Crippen LogP contribution in [0.25, 0.3) is 0 Å². The van der Waals surface area contributed by atoms with Crippen LogP contribution >= 0.6 is 15.9 Å². The highest BCUT2D eigenvalue weighted by Crippen LogP contribution is 2.25. The van der Waals surface area contributed by atoms with Crippen molar-refractivity contribution in [3.8, 4) is 0 Å². The van der Waals surface area contributed by atoms with Crippen LogP contribution in [0.15, 0.2) is 29.1 Å². The molecule has 1 heterocycles. The average molecular weight is 304 g/mol. The summed E-state index contributed by atoms with van der Waals surface area (Å²) in [5, 5.41) is 2.47. The first-order valence-electron chi connectivity index (χ1n) is 4.45. The smallest absolute Gasteiger partial charge is 0.182 e. The molecule has 1 N–H and O–H groups in total. The zero-order valence-corrected chi connectivity index (χ0v) is 9.80. The van der Waals surface area contributed by atoms with Gasteiger partial charge in [0.15, 0.2) is 11.6 Å². The second-order valence-corrected chi connectivity index (χ2v) is 3.95. The van der Waals surface area contributed by atoms with Crippen molar-refractivity contribution in [3.05, 3.63) is 46.6 Å². The normalized spacial score (nSPS) is 10.4. The first-order chi connectivity index (χ1) is 8.08. The van der Waals surface area contributed by atoms with Crippen molar-refractivity contribution in [1.29, 1.82) is 0 Å². The van der Waals surface area contributed by atoms with Gasteiger partial charge in [0.25, 0.3) is 0 Å². The Morgan fingerprint density at radius 1 is 1.18 bits per heavy atom. The molecule has 2 rings (SSSR count). The molecule has 0 atom stereocenters. The van der Waals surface area contributed by atoms with Gasteiger partial charge in [0, 0.05) is 18.3 Å². The van der Waals surface area contributed by atoms with Gasteiger partial charge < -0.3 is 5.32 Å². The van der Waals surface area contributed by atoms with Gasteiger partial charge >= 0.3 is 0 Å². The van der Waals surface area contributed by atoms with Gasteiger partial charge in [-0.1, -0.05) is 0 Å². The van der Waals surface area contributed by atoms with E-state index < -0.39 is 17.5 Å². The molecule has 3 nitrogen and oxygen atoms in total. The fourth-order valence-corrected chi connectivity index (χ4v) is 1.50. The number of halogens is 4. The summed E-state index contributed by atoms with van der Waals surface area (Å²) in [5.74, 6) is -3.10. The Bertz CT molecular complexity index is 562. The fourth-order valence-electron chi connectivity index (χ4n) is 1.18. The molecule has 0 amide bonds. The Morgan fingerprint density at radius 2 is 1.94 bits per heavy atom. The second kappa shape index (κ2) is 4.70. The zero-order chi connectivity index (χ0) is 12.4. The number of benzene rings is 1. The van der Waals surface area contributed by atoms with Crippen molar-refractivity contribution in [3.63, 3.8) is 0 Å². The molecular formula is C10H5BrF3N3. The Kier molecular flexibility index (Phi) is 3.28. The van der Waals surface area contributed by atoms with Gasteiger partial charge in [-0.05, 0) is 15.9 Å². The Balaban J connectivity index is 2.40.